The van der Waals surface area contributed by atoms with E-state index in [1.54, 1.807) is 13.2 Å². The molecule has 0 saturated heterocycles. The van der Waals surface area contributed by atoms with Crippen molar-refractivity contribution in [3.63, 3.8) is 0 Å². The van der Waals surface area contributed by atoms with Crippen LogP contribution in [0.15, 0.2) is 18.2 Å². The standard InChI is InChI=1S/C13H18ClNO4/c1-13(2,18-3)6-7-19-9-10-4-5-11(14)12(8-10)15(16)17/h4-5,8H,6-7,9H2,1-3H3. The maximum atomic E-state index is 10.7. The van der Waals surface area contributed by atoms with Crippen molar-refractivity contribution in [2.75, 3.05) is 13.7 Å². The second-order valence-electron chi connectivity index (χ2n) is 4.81. The van der Waals surface area contributed by atoms with Crippen LogP contribution in [0.25, 0.3) is 0 Å². The molecule has 5 nitrogen and oxygen atoms in total. The number of nitro benzene ring substituents is 1. The second kappa shape index (κ2) is 6.84. The number of nitrogens with zero attached hydrogens (tertiary/aromatic N) is 1. The van der Waals surface area contributed by atoms with E-state index in [4.69, 9.17) is 21.1 Å². The summed E-state index contributed by atoms with van der Waals surface area (Å²) in [6, 6.07) is 4.66. The molecule has 106 valence electrons. The number of rotatable bonds is 7. The number of benzene rings is 1. The molecular weight excluding hydrogens is 270 g/mol. The number of halogens is 1. The molecule has 0 fully saturated rings. The predicted molar refractivity (Wildman–Crippen MR) is 73.5 cm³/mol. The van der Waals surface area contributed by atoms with Gasteiger partial charge in [-0.1, -0.05) is 17.7 Å². The zero-order chi connectivity index (χ0) is 14.5. The average Bonchev–Trinajstić information content (AvgIpc) is 2.36. The van der Waals surface area contributed by atoms with Gasteiger partial charge in [0.25, 0.3) is 5.69 Å². The topological polar surface area (TPSA) is 61.6 Å². The van der Waals surface area contributed by atoms with E-state index in [-0.39, 0.29) is 16.3 Å². The normalized spacial score (nSPS) is 11.6. The van der Waals surface area contributed by atoms with E-state index < -0.39 is 4.92 Å². The van der Waals surface area contributed by atoms with E-state index in [1.807, 2.05) is 13.8 Å². The molecule has 0 aliphatic carbocycles. The molecule has 19 heavy (non-hydrogen) atoms. The van der Waals surface area contributed by atoms with E-state index in [0.717, 1.165) is 12.0 Å². The van der Waals surface area contributed by atoms with E-state index in [1.165, 1.54) is 12.1 Å². The number of ether oxygens (including phenoxy) is 2. The molecular formula is C13H18ClNO4. The SMILES string of the molecule is COC(C)(C)CCOCc1ccc(Cl)c([N+](=O)[O-])c1. The molecule has 0 atom stereocenters. The summed E-state index contributed by atoms with van der Waals surface area (Å²) in [5, 5.41) is 10.9. The summed E-state index contributed by atoms with van der Waals surface area (Å²) < 4.78 is 10.8. The third-order valence-electron chi connectivity index (χ3n) is 2.88. The summed E-state index contributed by atoms with van der Waals surface area (Å²) in [5.41, 5.74) is 0.401. The fourth-order valence-corrected chi connectivity index (χ4v) is 1.58. The first-order valence-corrected chi connectivity index (χ1v) is 6.29. The van der Waals surface area contributed by atoms with Gasteiger partial charge < -0.3 is 9.47 Å². The first-order chi connectivity index (χ1) is 8.85. The van der Waals surface area contributed by atoms with Gasteiger partial charge in [0.05, 0.1) is 17.1 Å². The monoisotopic (exact) mass is 287 g/mol. The van der Waals surface area contributed by atoms with Crippen molar-refractivity contribution in [3.05, 3.63) is 38.9 Å². The summed E-state index contributed by atoms with van der Waals surface area (Å²) in [5.74, 6) is 0. The molecule has 0 unspecified atom stereocenters. The number of hydrogen-bond acceptors (Lipinski definition) is 4. The van der Waals surface area contributed by atoms with Crippen LogP contribution < -0.4 is 0 Å². The highest BCUT2D eigenvalue weighted by Gasteiger charge is 2.16. The Bertz CT molecular complexity index is 448. The van der Waals surface area contributed by atoms with Gasteiger partial charge in [-0.2, -0.15) is 0 Å². The van der Waals surface area contributed by atoms with Crippen molar-refractivity contribution in [3.8, 4) is 0 Å². The van der Waals surface area contributed by atoms with Gasteiger partial charge in [-0.15, -0.1) is 0 Å². The van der Waals surface area contributed by atoms with Gasteiger partial charge in [-0.05, 0) is 31.9 Å². The van der Waals surface area contributed by atoms with Crippen molar-refractivity contribution in [1.29, 1.82) is 0 Å². The van der Waals surface area contributed by atoms with Crippen LogP contribution >= 0.6 is 11.6 Å². The first kappa shape index (κ1) is 15.9. The fourth-order valence-electron chi connectivity index (χ4n) is 1.40. The van der Waals surface area contributed by atoms with Gasteiger partial charge in [0, 0.05) is 19.8 Å². The van der Waals surface area contributed by atoms with Crippen molar-refractivity contribution in [2.45, 2.75) is 32.5 Å². The Hall–Kier alpha value is -1.17. The highest BCUT2D eigenvalue weighted by molar-refractivity contribution is 6.32. The van der Waals surface area contributed by atoms with E-state index in [2.05, 4.69) is 0 Å². The Kier molecular flexibility index (Phi) is 5.72. The third-order valence-corrected chi connectivity index (χ3v) is 3.20. The van der Waals surface area contributed by atoms with Crippen molar-refractivity contribution in [2.24, 2.45) is 0 Å². The minimum atomic E-state index is -0.500. The summed E-state index contributed by atoms with van der Waals surface area (Å²) in [7, 11) is 1.66. The summed E-state index contributed by atoms with van der Waals surface area (Å²) >= 11 is 5.73. The molecule has 6 heteroatoms. The molecule has 1 rings (SSSR count). The van der Waals surface area contributed by atoms with Gasteiger partial charge >= 0.3 is 0 Å². The highest BCUT2D eigenvalue weighted by atomic mass is 35.5. The van der Waals surface area contributed by atoms with Crippen LogP contribution in [0, 0.1) is 10.1 Å². The minimum absolute atomic E-state index is 0.0972. The Morgan fingerprint density at radius 2 is 2.11 bits per heavy atom. The van der Waals surface area contributed by atoms with Crippen LogP contribution in [0.3, 0.4) is 0 Å². The van der Waals surface area contributed by atoms with E-state index >= 15 is 0 Å². The number of methoxy groups -OCH3 is 1. The lowest BCUT2D eigenvalue weighted by molar-refractivity contribution is -0.384. The fraction of sp³-hybridized carbons (Fsp3) is 0.538. The first-order valence-electron chi connectivity index (χ1n) is 5.91. The lowest BCUT2D eigenvalue weighted by Gasteiger charge is -2.22. The summed E-state index contributed by atoms with van der Waals surface area (Å²) in [6.45, 7) is 4.79. The quantitative estimate of drug-likeness (QED) is 0.437. The van der Waals surface area contributed by atoms with Gasteiger partial charge in [0.1, 0.15) is 5.02 Å². The van der Waals surface area contributed by atoms with Crippen molar-refractivity contribution in [1.82, 2.24) is 0 Å². The Balaban J connectivity index is 2.50. The summed E-state index contributed by atoms with van der Waals surface area (Å²) in [6.07, 6.45) is 0.749. The lowest BCUT2D eigenvalue weighted by atomic mass is 10.1. The maximum Gasteiger partial charge on any atom is 0.288 e. The summed E-state index contributed by atoms with van der Waals surface area (Å²) in [4.78, 5) is 10.2. The molecule has 1 aromatic rings. The number of hydrogen-bond donors (Lipinski definition) is 0. The maximum absolute atomic E-state index is 10.7. The van der Waals surface area contributed by atoms with Crippen molar-refractivity contribution < 1.29 is 14.4 Å². The van der Waals surface area contributed by atoms with Gasteiger partial charge in [-0.25, -0.2) is 0 Å². The molecule has 1 aromatic carbocycles. The molecule has 0 radical (unpaired) electrons. The molecule has 0 aliphatic rings. The van der Waals surface area contributed by atoms with E-state index in [0.29, 0.717) is 13.2 Å². The van der Waals surface area contributed by atoms with Gasteiger partial charge in [0.15, 0.2) is 0 Å². The molecule has 0 aromatic heterocycles. The Morgan fingerprint density at radius 3 is 2.68 bits per heavy atom. The zero-order valence-corrected chi connectivity index (χ0v) is 12.1. The molecule has 0 spiro atoms. The van der Waals surface area contributed by atoms with Crippen LogP contribution in [-0.4, -0.2) is 24.2 Å². The van der Waals surface area contributed by atoms with Crippen molar-refractivity contribution >= 4 is 17.3 Å². The average molecular weight is 288 g/mol. The molecule has 0 bridgehead atoms. The van der Waals surface area contributed by atoms with Crippen LogP contribution in [-0.2, 0) is 16.1 Å². The lowest BCUT2D eigenvalue weighted by Crippen LogP contribution is -2.24. The highest BCUT2D eigenvalue weighted by Crippen LogP contribution is 2.25. The molecule has 0 saturated carbocycles. The van der Waals surface area contributed by atoms with Gasteiger partial charge in [0.2, 0.25) is 0 Å². The molecule has 0 N–H and O–H groups in total. The largest absolute Gasteiger partial charge is 0.379 e. The predicted octanol–water partition coefficient (Wildman–Crippen LogP) is 3.58. The molecule has 0 heterocycles. The third kappa shape index (κ3) is 5.14. The Labute approximate surface area is 117 Å². The molecule has 0 amide bonds. The Morgan fingerprint density at radius 1 is 1.42 bits per heavy atom. The van der Waals surface area contributed by atoms with Crippen LogP contribution in [0.2, 0.25) is 5.02 Å². The van der Waals surface area contributed by atoms with Crippen LogP contribution in [0.1, 0.15) is 25.8 Å². The zero-order valence-electron chi connectivity index (χ0n) is 11.3. The second-order valence-corrected chi connectivity index (χ2v) is 5.22. The van der Waals surface area contributed by atoms with Crippen LogP contribution in [0.4, 0.5) is 5.69 Å². The van der Waals surface area contributed by atoms with E-state index in [9.17, 15) is 10.1 Å². The smallest absolute Gasteiger partial charge is 0.288 e. The number of nitro groups is 1. The van der Waals surface area contributed by atoms with Crippen LogP contribution in [0.5, 0.6) is 0 Å². The molecule has 0 aliphatic heterocycles. The van der Waals surface area contributed by atoms with Gasteiger partial charge in [-0.3, -0.25) is 10.1 Å². The minimum Gasteiger partial charge on any atom is -0.379 e.